The number of H-pyrrole nitrogens is 1. The van der Waals surface area contributed by atoms with Gasteiger partial charge in [-0.15, -0.1) is 0 Å². The van der Waals surface area contributed by atoms with Crippen LogP contribution in [-0.4, -0.2) is 31.7 Å². The minimum Gasteiger partial charge on any atom is -0.463 e. The summed E-state index contributed by atoms with van der Waals surface area (Å²) >= 11 is 0. The molecule has 0 spiro atoms. The number of nitrogens with one attached hydrogen (secondary N) is 2. The molecular formula is C20H18FN7O. The molecule has 3 aromatic heterocycles. The highest BCUT2D eigenvalue weighted by Gasteiger charge is 2.28. The van der Waals surface area contributed by atoms with E-state index >= 15 is 0 Å². The van der Waals surface area contributed by atoms with Crippen LogP contribution in [0.25, 0.3) is 11.5 Å². The quantitative estimate of drug-likeness (QED) is 0.529. The summed E-state index contributed by atoms with van der Waals surface area (Å²) in [6.45, 7) is 0.830. The molecule has 1 aromatic carbocycles. The molecule has 1 saturated heterocycles. The van der Waals surface area contributed by atoms with Gasteiger partial charge < -0.3 is 14.6 Å². The van der Waals surface area contributed by atoms with Crippen LogP contribution in [0.15, 0.2) is 59.5 Å². The van der Waals surface area contributed by atoms with Crippen LogP contribution in [0.5, 0.6) is 0 Å². The minimum atomic E-state index is -0.238. The monoisotopic (exact) mass is 391 g/mol. The highest BCUT2D eigenvalue weighted by molar-refractivity contribution is 5.60. The summed E-state index contributed by atoms with van der Waals surface area (Å²) in [7, 11) is 0. The smallest absolute Gasteiger partial charge is 0.233 e. The van der Waals surface area contributed by atoms with Crippen molar-refractivity contribution in [2.45, 2.75) is 18.9 Å². The number of furan rings is 1. The van der Waals surface area contributed by atoms with Crippen molar-refractivity contribution in [1.29, 1.82) is 0 Å². The van der Waals surface area contributed by atoms with Crippen LogP contribution in [0.4, 0.5) is 22.1 Å². The van der Waals surface area contributed by atoms with Crippen molar-refractivity contribution in [3.8, 4) is 11.5 Å². The van der Waals surface area contributed by atoms with Gasteiger partial charge in [-0.05, 0) is 42.7 Å². The van der Waals surface area contributed by atoms with Crippen molar-refractivity contribution >= 4 is 17.7 Å². The maximum Gasteiger partial charge on any atom is 0.233 e. The minimum absolute atomic E-state index is 0.113. The van der Waals surface area contributed by atoms with Crippen molar-refractivity contribution < 1.29 is 8.81 Å². The number of hydrogen-bond donors (Lipinski definition) is 2. The first-order valence-electron chi connectivity index (χ1n) is 9.34. The largest absolute Gasteiger partial charge is 0.463 e. The zero-order valence-corrected chi connectivity index (χ0v) is 15.4. The average molecular weight is 391 g/mol. The first kappa shape index (κ1) is 17.4. The van der Waals surface area contributed by atoms with Gasteiger partial charge in [0.15, 0.2) is 11.6 Å². The number of halogens is 1. The van der Waals surface area contributed by atoms with Gasteiger partial charge >= 0.3 is 0 Å². The van der Waals surface area contributed by atoms with E-state index in [0.717, 1.165) is 30.6 Å². The highest BCUT2D eigenvalue weighted by Crippen LogP contribution is 2.34. The zero-order chi connectivity index (χ0) is 19.6. The molecular weight excluding hydrogens is 373 g/mol. The van der Waals surface area contributed by atoms with Gasteiger partial charge in [-0.25, -0.2) is 14.4 Å². The second-order valence-electron chi connectivity index (χ2n) is 6.78. The van der Waals surface area contributed by atoms with E-state index < -0.39 is 0 Å². The SMILES string of the molecule is Fc1ccc(C2CCCN2c2ncnc(Nc3cc(-c4ccco4)[nH]n3)n2)cc1. The van der Waals surface area contributed by atoms with Crippen LogP contribution in [0, 0.1) is 5.82 Å². The fourth-order valence-electron chi connectivity index (χ4n) is 3.58. The predicted octanol–water partition coefficient (Wildman–Crippen LogP) is 4.08. The second-order valence-corrected chi connectivity index (χ2v) is 6.78. The third-order valence-electron chi connectivity index (χ3n) is 4.93. The molecule has 1 fully saturated rings. The molecule has 0 amide bonds. The molecule has 0 aliphatic carbocycles. The Morgan fingerprint density at radius 1 is 1.17 bits per heavy atom. The normalized spacial score (nSPS) is 16.3. The lowest BCUT2D eigenvalue weighted by Gasteiger charge is -2.25. The predicted molar refractivity (Wildman–Crippen MR) is 105 cm³/mol. The Morgan fingerprint density at radius 3 is 2.90 bits per heavy atom. The van der Waals surface area contributed by atoms with Crippen molar-refractivity contribution in [3.05, 3.63) is 66.4 Å². The van der Waals surface area contributed by atoms with Crippen LogP contribution >= 0.6 is 0 Å². The van der Waals surface area contributed by atoms with Gasteiger partial charge in [0.2, 0.25) is 11.9 Å². The Kier molecular flexibility index (Phi) is 4.39. The van der Waals surface area contributed by atoms with Crippen LogP contribution in [0.2, 0.25) is 0 Å². The number of anilines is 3. The molecule has 29 heavy (non-hydrogen) atoms. The number of aromatic amines is 1. The standard InChI is InChI=1S/C20H18FN7O/c21-14-7-5-13(6-8-14)16-3-1-9-28(16)20-23-12-22-19(25-20)24-18-11-15(26-27-18)17-4-2-10-29-17/h2,4-8,10-12,16H,1,3,9H2,(H2,22,23,24,25,26,27). The molecule has 4 heterocycles. The first-order chi connectivity index (χ1) is 14.3. The van der Waals surface area contributed by atoms with Crippen LogP contribution in [0.1, 0.15) is 24.4 Å². The van der Waals surface area contributed by atoms with Crippen molar-refractivity contribution in [2.24, 2.45) is 0 Å². The molecule has 1 atom stereocenters. The average Bonchev–Trinajstić information content (AvgIpc) is 3.50. The first-order valence-corrected chi connectivity index (χ1v) is 9.34. The number of nitrogens with zero attached hydrogens (tertiary/aromatic N) is 5. The number of hydrogen-bond acceptors (Lipinski definition) is 7. The van der Waals surface area contributed by atoms with Crippen molar-refractivity contribution in [2.75, 3.05) is 16.8 Å². The summed E-state index contributed by atoms with van der Waals surface area (Å²) in [5, 5.41) is 10.2. The number of rotatable bonds is 5. The summed E-state index contributed by atoms with van der Waals surface area (Å²) in [4.78, 5) is 15.2. The molecule has 146 valence electrons. The lowest BCUT2D eigenvalue weighted by Crippen LogP contribution is -2.25. The van der Waals surface area contributed by atoms with E-state index in [1.165, 1.54) is 18.5 Å². The third-order valence-corrected chi connectivity index (χ3v) is 4.93. The molecule has 1 aliphatic rings. The van der Waals surface area contributed by atoms with Crippen LogP contribution in [-0.2, 0) is 0 Å². The second kappa shape index (κ2) is 7.34. The summed E-state index contributed by atoms with van der Waals surface area (Å²) in [6.07, 6.45) is 5.06. The zero-order valence-electron chi connectivity index (χ0n) is 15.4. The fourth-order valence-corrected chi connectivity index (χ4v) is 3.58. The van der Waals surface area contributed by atoms with Gasteiger partial charge in [-0.3, -0.25) is 5.10 Å². The Balaban J connectivity index is 1.36. The van der Waals surface area contributed by atoms with Gasteiger partial charge in [-0.1, -0.05) is 12.1 Å². The summed E-state index contributed by atoms with van der Waals surface area (Å²) < 4.78 is 18.6. The Hall–Kier alpha value is -3.75. The van der Waals surface area contributed by atoms with Gasteiger partial charge in [0, 0.05) is 12.6 Å². The molecule has 8 nitrogen and oxygen atoms in total. The summed E-state index contributed by atoms with van der Waals surface area (Å²) in [5.41, 5.74) is 1.80. The number of benzene rings is 1. The molecule has 1 unspecified atom stereocenters. The summed E-state index contributed by atoms with van der Waals surface area (Å²) in [5.74, 6) is 2.01. The van der Waals surface area contributed by atoms with E-state index in [0.29, 0.717) is 23.5 Å². The Labute approximate surface area is 165 Å². The van der Waals surface area contributed by atoms with E-state index in [9.17, 15) is 4.39 Å². The van der Waals surface area contributed by atoms with Gasteiger partial charge in [0.25, 0.3) is 0 Å². The number of aromatic nitrogens is 5. The molecule has 0 saturated carbocycles. The fraction of sp³-hybridized carbons (Fsp3) is 0.200. The lowest BCUT2D eigenvalue weighted by atomic mass is 10.0. The van der Waals surface area contributed by atoms with E-state index in [2.05, 4.69) is 35.4 Å². The van der Waals surface area contributed by atoms with Gasteiger partial charge in [0.1, 0.15) is 17.8 Å². The Morgan fingerprint density at radius 2 is 2.07 bits per heavy atom. The molecule has 0 radical (unpaired) electrons. The highest BCUT2D eigenvalue weighted by atomic mass is 19.1. The van der Waals surface area contributed by atoms with Gasteiger partial charge in [-0.2, -0.15) is 10.1 Å². The molecule has 1 aliphatic heterocycles. The van der Waals surface area contributed by atoms with E-state index in [1.807, 2.05) is 30.3 Å². The topological polar surface area (TPSA) is 95.8 Å². The van der Waals surface area contributed by atoms with Crippen LogP contribution < -0.4 is 10.2 Å². The third kappa shape index (κ3) is 3.54. The molecule has 5 rings (SSSR count). The maximum absolute atomic E-state index is 13.3. The van der Waals surface area contributed by atoms with Gasteiger partial charge in [0.05, 0.1) is 12.3 Å². The molecule has 9 heteroatoms. The molecule has 4 aromatic rings. The van der Waals surface area contributed by atoms with Crippen molar-refractivity contribution in [1.82, 2.24) is 25.1 Å². The van der Waals surface area contributed by atoms with E-state index in [1.54, 1.807) is 6.26 Å². The van der Waals surface area contributed by atoms with Crippen molar-refractivity contribution in [3.63, 3.8) is 0 Å². The molecule has 2 N–H and O–H groups in total. The Bertz CT molecular complexity index is 1090. The molecule has 0 bridgehead atoms. The van der Waals surface area contributed by atoms with E-state index in [4.69, 9.17) is 4.42 Å². The maximum atomic E-state index is 13.3. The van der Waals surface area contributed by atoms with E-state index in [-0.39, 0.29) is 11.9 Å². The van der Waals surface area contributed by atoms with Crippen LogP contribution in [0.3, 0.4) is 0 Å². The summed E-state index contributed by atoms with van der Waals surface area (Å²) in [6, 6.07) is 12.2. The lowest BCUT2D eigenvalue weighted by molar-refractivity contribution is 0.580.